The first-order valence-electron chi connectivity index (χ1n) is 6.89. The molecular formula is C14H32N2S. The van der Waals surface area contributed by atoms with Crippen molar-refractivity contribution in [2.24, 2.45) is 0 Å². The van der Waals surface area contributed by atoms with Gasteiger partial charge >= 0.3 is 0 Å². The quantitative estimate of drug-likeness (QED) is 0.553. The number of hydrogen-bond acceptors (Lipinski definition) is 3. The van der Waals surface area contributed by atoms with E-state index in [-0.39, 0.29) is 0 Å². The van der Waals surface area contributed by atoms with Gasteiger partial charge in [0.05, 0.1) is 6.17 Å². The standard InChI is InChI=1S/C14H32N2S/c1-10(2)15(11(3)4)14(9-17)16(12(5)6)13(7)8/h10-14,17H,9H2,1-8H3. The van der Waals surface area contributed by atoms with Gasteiger partial charge in [-0.1, -0.05) is 0 Å². The summed E-state index contributed by atoms with van der Waals surface area (Å²) in [5, 5.41) is 0. The SMILES string of the molecule is CC(C)N(C(C)C)C(CS)N(C(C)C)C(C)C. The van der Waals surface area contributed by atoms with Gasteiger partial charge in [0.15, 0.2) is 0 Å². The first-order valence-corrected chi connectivity index (χ1v) is 7.52. The lowest BCUT2D eigenvalue weighted by Gasteiger charge is -2.47. The lowest BCUT2D eigenvalue weighted by atomic mass is 10.1. The van der Waals surface area contributed by atoms with Crippen molar-refractivity contribution in [2.75, 3.05) is 5.75 Å². The molecule has 2 nitrogen and oxygen atoms in total. The van der Waals surface area contributed by atoms with Crippen LogP contribution in [-0.4, -0.2) is 45.9 Å². The van der Waals surface area contributed by atoms with Crippen molar-refractivity contribution in [3.05, 3.63) is 0 Å². The largest absolute Gasteiger partial charge is 0.282 e. The molecule has 0 aliphatic heterocycles. The highest BCUT2D eigenvalue weighted by molar-refractivity contribution is 7.80. The Morgan fingerprint density at radius 1 is 0.647 bits per heavy atom. The molecule has 0 fully saturated rings. The molecule has 0 aliphatic carbocycles. The molecule has 0 heterocycles. The van der Waals surface area contributed by atoms with E-state index in [1.807, 2.05) is 0 Å². The second-order valence-corrected chi connectivity index (χ2v) is 6.30. The summed E-state index contributed by atoms with van der Waals surface area (Å²) < 4.78 is 0. The van der Waals surface area contributed by atoms with Crippen molar-refractivity contribution in [2.45, 2.75) is 85.7 Å². The Hall–Kier alpha value is 0.270. The Labute approximate surface area is 114 Å². The summed E-state index contributed by atoms with van der Waals surface area (Å²) in [5.74, 6) is 0.882. The van der Waals surface area contributed by atoms with Gasteiger partial charge in [-0.25, -0.2) is 0 Å². The highest BCUT2D eigenvalue weighted by Crippen LogP contribution is 2.20. The average Bonchev–Trinajstić information content (AvgIpc) is 2.13. The van der Waals surface area contributed by atoms with E-state index in [1.165, 1.54) is 0 Å². The minimum absolute atomic E-state index is 0.415. The van der Waals surface area contributed by atoms with Crippen molar-refractivity contribution in [3.8, 4) is 0 Å². The van der Waals surface area contributed by atoms with Crippen LogP contribution in [0.3, 0.4) is 0 Å². The number of rotatable bonds is 7. The molecule has 104 valence electrons. The zero-order valence-corrected chi connectivity index (χ0v) is 13.8. The maximum Gasteiger partial charge on any atom is 0.0721 e. The van der Waals surface area contributed by atoms with Crippen LogP contribution in [0.5, 0.6) is 0 Å². The summed E-state index contributed by atoms with van der Waals surface area (Å²) in [7, 11) is 0. The second kappa shape index (κ2) is 7.65. The van der Waals surface area contributed by atoms with Crippen LogP contribution in [0.15, 0.2) is 0 Å². The van der Waals surface area contributed by atoms with Gasteiger partial charge in [0.25, 0.3) is 0 Å². The normalized spacial score (nSPS) is 13.4. The molecule has 0 aliphatic rings. The lowest BCUT2D eigenvalue weighted by molar-refractivity contribution is -0.0210. The van der Waals surface area contributed by atoms with Crippen LogP contribution >= 0.6 is 12.6 Å². The molecule has 0 N–H and O–H groups in total. The Morgan fingerprint density at radius 2 is 0.882 bits per heavy atom. The van der Waals surface area contributed by atoms with Crippen molar-refractivity contribution < 1.29 is 0 Å². The third-order valence-corrected chi connectivity index (χ3v) is 3.56. The summed E-state index contributed by atoms with van der Waals surface area (Å²) in [4.78, 5) is 5.12. The molecule has 3 heteroatoms. The maximum absolute atomic E-state index is 4.59. The molecule has 17 heavy (non-hydrogen) atoms. The lowest BCUT2D eigenvalue weighted by Crippen LogP contribution is -2.58. The van der Waals surface area contributed by atoms with Crippen molar-refractivity contribution in [1.29, 1.82) is 0 Å². The smallest absolute Gasteiger partial charge is 0.0721 e. The number of nitrogens with zero attached hydrogens (tertiary/aromatic N) is 2. The maximum atomic E-state index is 4.59. The van der Waals surface area contributed by atoms with Crippen molar-refractivity contribution in [1.82, 2.24) is 9.80 Å². The van der Waals surface area contributed by atoms with E-state index < -0.39 is 0 Å². The van der Waals surface area contributed by atoms with Gasteiger partial charge in [-0.3, -0.25) is 9.80 Å². The van der Waals surface area contributed by atoms with Crippen LogP contribution in [0.4, 0.5) is 0 Å². The average molecular weight is 260 g/mol. The van der Waals surface area contributed by atoms with E-state index in [2.05, 4.69) is 77.8 Å². The summed E-state index contributed by atoms with van der Waals surface area (Å²) in [6.45, 7) is 18.2. The van der Waals surface area contributed by atoms with E-state index in [1.54, 1.807) is 0 Å². The highest BCUT2D eigenvalue weighted by atomic mass is 32.1. The van der Waals surface area contributed by atoms with Crippen LogP contribution in [0, 0.1) is 0 Å². The molecule has 0 radical (unpaired) electrons. The molecule has 0 atom stereocenters. The third kappa shape index (κ3) is 4.80. The van der Waals surface area contributed by atoms with Crippen molar-refractivity contribution in [3.63, 3.8) is 0 Å². The molecule has 0 rings (SSSR count). The molecule has 0 bridgehead atoms. The van der Waals surface area contributed by atoms with E-state index in [9.17, 15) is 0 Å². The Kier molecular flexibility index (Phi) is 7.77. The van der Waals surface area contributed by atoms with Crippen LogP contribution < -0.4 is 0 Å². The third-order valence-electron chi connectivity index (χ3n) is 3.24. The molecule has 0 aromatic rings. The monoisotopic (exact) mass is 260 g/mol. The van der Waals surface area contributed by atoms with Crippen molar-refractivity contribution >= 4 is 12.6 Å². The second-order valence-electron chi connectivity index (χ2n) is 5.93. The minimum Gasteiger partial charge on any atom is -0.282 e. The topological polar surface area (TPSA) is 6.48 Å². The Bertz CT molecular complexity index is 166. The molecular weight excluding hydrogens is 228 g/mol. The summed E-state index contributed by atoms with van der Waals surface area (Å²) >= 11 is 4.59. The summed E-state index contributed by atoms with van der Waals surface area (Å²) in [5.41, 5.74) is 0. The van der Waals surface area contributed by atoms with Crippen LogP contribution in [0.2, 0.25) is 0 Å². The van der Waals surface area contributed by atoms with Gasteiger partial charge in [-0.2, -0.15) is 12.6 Å². The fourth-order valence-electron chi connectivity index (χ4n) is 2.91. The van der Waals surface area contributed by atoms with E-state index in [0.717, 1.165) is 5.75 Å². The van der Waals surface area contributed by atoms with Crippen LogP contribution in [0.25, 0.3) is 0 Å². The molecule has 0 spiro atoms. The predicted octanol–water partition coefficient (Wildman–Crippen LogP) is 3.48. The molecule has 0 aromatic heterocycles. The molecule has 0 saturated carbocycles. The Morgan fingerprint density at radius 3 is 1.00 bits per heavy atom. The summed E-state index contributed by atoms with van der Waals surface area (Å²) in [6, 6.07) is 2.19. The molecule has 0 saturated heterocycles. The Balaban J connectivity index is 5.11. The zero-order chi connectivity index (χ0) is 13.7. The number of thiol groups is 1. The first kappa shape index (κ1) is 17.3. The number of hydrogen-bond donors (Lipinski definition) is 1. The van der Waals surface area contributed by atoms with Gasteiger partial charge in [-0.05, 0) is 55.4 Å². The molecule has 0 amide bonds. The predicted molar refractivity (Wildman–Crippen MR) is 81.9 cm³/mol. The fourth-order valence-corrected chi connectivity index (χ4v) is 3.29. The van der Waals surface area contributed by atoms with E-state index >= 15 is 0 Å². The minimum atomic E-state index is 0.415. The molecule has 0 unspecified atom stereocenters. The van der Waals surface area contributed by atoms with E-state index in [4.69, 9.17) is 0 Å². The van der Waals surface area contributed by atoms with Gasteiger partial charge in [-0.15, -0.1) is 0 Å². The van der Waals surface area contributed by atoms with Gasteiger partial charge < -0.3 is 0 Å². The highest BCUT2D eigenvalue weighted by Gasteiger charge is 2.30. The van der Waals surface area contributed by atoms with Gasteiger partial charge in [0.2, 0.25) is 0 Å². The van der Waals surface area contributed by atoms with Gasteiger partial charge in [0.1, 0.15) is 0 Å². The zero-order valence-electron chi connectivity index (χ0n) is 12.9. The first-order chi connectivity index (χ1) is 7.73. The van der Waals surface area contributed by atoms with Crippen LogP contribution in [-0.2, 0) is 0 Å². The van der Waals surface area contributed by atoms with E-state index in [0.29, 0.717) is 30.3 Å². The van der Waals surface area contributed by atoms with Crippen LogP contribution in [0.1, 0.15) is 55.4 Å². The fraction of sp³-hybridized carbons (Fsp3) is 1.00. The summed E-state index contributed by atoms with van der Waals surface area (Å²) in [6.07, 6.45) is 0.415. The molecule has 0 aromatic carbocycles. The van der Waals surface area contributed by atoms with Gasteiger partial charge in [0, 0.05) is 29.9 Å².